The van der Waals surface area contributed by atoms with Crippen LogP contribution in [0, 0.1) is 11.8 Å². The van der Waals surface area contributed by atoms with E-state index in [1.54, 1.807) is 20.8 Å². The molecular weight excluding hydrogens is 630 g/mol. The summed E-state index contributed by atoms with van der Waals surface area (Å²) in [7, 11) is 0. The van der Waals surface area contributed by atoms with Crippen molar-refractivity contribution in [3.8, 4) is 0 Å². The predicted molar refractivity (Wildman–Crippen MR) is 175 cm³/mol. The number of nitrogens with two attached hydrogens (primary N) is 4. The molecule has 0 saturated heterocycles. The fourth-order valence-corrected chi connectivity index (χ4v) is 4.58. The van der Waals surface area contributed by atoms with Gasteiger partial charge in [-0.3, -0.25) is 33.6 Å². The van der Waals surface area contributed by atoms with Crippen molar-refractivity contribution < 1.29 is 43.5 Å². The van der Waals surface area contributed by atoms with Gasteiger partial charge in [-0.05, 0) is 56.9 Å². The van der Waals surface area contributed by atoms with Crippen molar-refractivity contribution in [2.24, 2.45) is 34.8 Å². The quantitative estimate of drug-likeness (QED) is 0.0438. The van der Waals surface area contributed by atoms with E-state index in [1.807, 2.05) is 6.92 Å². The first-order chi connectivity index (χ1) is 22.5. The molecule has 18 heteroatoms. The van der Waals surface area contributed by atoms with Gasteiger partial charge in [-0.2, -0.15) is 0 Å². The molecule has 0 aliphatic heterocycles. The van der Waals surface area contributed by atoms with Crippen LogP contribution in [-0.4, -0.2) is 95.7 Å². The first-order valence-electron chi connectivity index (χ1n) is 16.2. The number of carboxylic acid groups (broad SMARTS) is 1. The Morgan fingerprint density at radius 1 is 0.625 bits per heavy atom. The zero-order valence-corrected chi connectivity index (χ0v) is 28.3. The van der Waals surface area contributed by atoms with Crippen molar-refractivity contribution in [3.05, 3.63) is 0 Å². The first-order valence-corrected chi connectivity index (χ1v) is 16.2. The molecule has 7 amide bonds. The summed E-state index contributed by atoms with van der Waals surface area (Å²) in [6.45, 7) is 7.06. The Kier molecular flexibility index (Phi) is 21.0. The molecule has 0 rings (SSSR count). The molecule has 0 heterocycles. The molecule has 0 aromatic carbocycles. The summed E-state index contributed by atoms with van der Waals surface area (Å²) in [6, 6.07) is -6.30. The van der Waals surface area contributed by atoms with Crippen LogP contribution in [0.1, 0.15) is 85.5 Å². The van der Waals surface area contributed by atoms with Crippen LogP contribution in [0.3, 0.4) is 0 Å². The minimum Gasteiger partial charge on any atom is -0.480 e. The van der Waals surface area contributed by atoms with Gasteiger partial charge in [0.2, 0.25) is 41.4 Å². The first kappa shape index (κ1) is 43.7. The highest BCUT2D eigenvalue weighted by atomic mass is 16.4. The fourth-order valence-electron chi connectivity index (χ4n) is 4.58. The van der Waals surface area contributed by atoms with Crippen molar-refractivity contribution in [2.75, 3.05) is 13.1 Å². The molecule has 0 spiro atoms. The molecule has 0 saturated carbocycles. The summed E-state index contributed by atoms with van der Waals surface area (Å²) in [5.41, 5.74) is 21.4. The minimum atomic E-state index is -1.46. The maximum atomic E-state index is 13.6. The molecule has 0 aromatic rings. The van der Waals surface area contributed by atoms with Crippen molar-refractivity contribution in [2.45, 2.75) is 116 Å². The standard InChI is InChI=1S/C30H55N9O9/c1-5-17(4)25(39-24(42)15-32)29(46)36-18(8-6-7-13-31)26(43)35-19(9-11-22(33)40)27(44)38-21(14-16(2)3)28(45)37-20(30(47)48)10-12-23(34)41/h16-21,25H,5-15,31-32H2,1-4H3,(H2,33,40)(H2,34,41)(H,35,43)(H,36,46)(H,37,45)(H,38,44)(H,39,42)(H,47,48)/t17-,18-,19-,20-,21-,25-/m0/s1. The van der Waals surface area contributed by atoms with E-state index < -0.39 is 77.5 Å². The number of primary amides is 2. The van der Waals surface area contributed by atoms with Crippen molar-refractivity contribution in [1.29, 1.82) is 0 Å². The molecule has 14 N–H and O–H groups in total. The number of carbonyl (C=O) groups is 8. The molecular formula is C30H55N9O9. The lowest BCUT2D eigenvalue weighted by atomic mass is 9.97. The average Bonchev–Trinajstić information content (AvgIpc) is 3.01. The molecule has 0 aromatic heterocycles. The largest absolute Gasteiger partial charge is 0.480 e. The van der Waals surface area contributed by atoms with E-state index in [9.17, 15) is 43.5 Å². The average molecular weight is 686 g/mol. The molecule has 6 atom stereocenters. The second-order valence-electron chi connectivity index (χ2n) is 12.1. The molecule has 0 fully saturated rings. The van der Waals surface area contributed by atoms with Gasteiger partial charge in [0.25, 0.3) is 0 Å². The van der Waals surface area contributed by atoms with Crippen LogP contribution in [0.15, 0.2) is 0 Å². The van der Waals surface area contributed by atoms with E-state index >= 15 is 0 Å². The number of amides is 7. The molecule has 0 unspecified atom stereocenters. The number of hydrogen-bond acceptors (Lipinski definition) is 10. The molecule has 0 aliphatic rings. The van der Waals surface area contributed by atoms with Gasteiger partial charge in [-0.15, -0.1) is 0 Å². The smallest absolute Gasteiger partial charge is 0.326 e. The van der Waals surface area contributed by atoms with Crippen LogP contribution < -0.4 is 49.5 Å². The highest BCUT2D eigenvalue weighted by molar-refractivity contribution is 5.96. The zero-order valence-electron chi connectivity index (χ0n) is 28.3. The van der Waals surface area contributed by atoms with Crippen LogP contribution in [0.5, 0.6) is 0 Å². The number of nitrogens with one attached hydrogen (secondary N) is 5. The van der Waals surface area contributed by atoms with Crippen LogP contribution in [-0.2, 0) is 38.4 Å². The molecule has 0 radical (unpaired) electrons. The van der Waals surface area contributed by atoms with Gasteiger partial charge in [-0.1, -0.05) is 34.1 Å². The predicted octanol–water partition coefficient (Wildman–Crippen LogP) is -2.79. The van der Waals surface area contributed by atoms with Gasteiger partial charge in [0.05, 0.1) is 6.54 Å². The van der Waals surface area contributed by atoms with Crippen LogP contribution >= 0.6 is 0 Å². The Labute approximate surface area is 281 Å². The van der Waals surface area contributed by atoms with E-state index in [-0.39, 0.29) is 56.9 Å². The monoisotopic (exact) mass is 685 g/mol. The van der Waals surface area contributed by atoms with E-state index in [0.717, 1.165) is 0 Å². The zero-order chi connectivity index (χ0) is 37.0. The van der Waals surface area contributed by atoms with Gasteiger partial charge in [0, 0.05) is 12.8 Å². The summed E-state index contributed by atoms with van der Waals surface area (Å²) in [6.07, 6.45) is 0.494. The van der Waals surface area contributed by atoms with E-state index in [4.69, 9.17) is 22.9 Å². The number of unbranched alkanes of at least 4 members (excludes halogenated alkanes) is 1. The number of rotatable bonds is 25. The maximum absolute atomic E-state index is 13.6. The van der Waals surface area contributed by atoms with E-state index in [1.165, 1.54) is 0 Å². The van der Waals surface area contributed by atoms with E-state index in [0.29, 0.717) is 25.8 Å². The van der Waals surface area contributed by atoms with Gasteiger partial charge in [0.15, 0.2) is 0 Å². The normalized spacial score (nSPS) is 14.7. The Balaban J connectivity index is 6.19. The van der Waals surface area contributed by atoms with Crippen LogP contribution in [0.25, 0.3) is 0 Å². The summed E-state index contributed by atoms with van der Waals surface area (Å²) in [5, 5.41) is 22.1. The van der Waals surface area contributed by atoms with Crippen LogP contribution in [0.2, 0.25) is 0 Å². The number of carboxylic acids is 1. The molecule has 0 aliphatic carbocycles. The lowest BCUT2D eigenvalue weighted by molar-refractivity contribution is -0.142. The highest BCUT2D eigenvalue weighted by Gasteiger charge is 2.33. The second kappa shape index (κ2) is 23.1. The van der Waals surface area contributed by atoms with Gasteiger partial charge in [0.1, 0.15) is 30.2 Å². The Morgan fingerprint density at radius 2 is 1.08 bits per heavy atom. The Hall–Kier alpha value is -4.32. The number of carbonyl (C=O) groups excluding carboxylic acids is 7. The third kappa shape index (κ3) is 17.6. The lowest BCUT2D eigenvalue weighted by Gasteiger charge is -2.28. The van der Waals surface area contributed by atoms with Gasteiger partial charge >= 0.3 is 5.97 Å². The highest BCUT2D eigenvalue weighted by Crippen LogP contribution is 2.12. The van der Waals surface area contributed by atoms with Crippen molar-refractivity contribution >= 4 is 47.3 Å². The van der Waals surface area contributed by atoms with Crippen LogP contribution in [0.4, 0.5) is 0 Å². The second-order valence-corrected chi connectivity index (χ2v) is 12.1. The number of hydrogen-bond donors (Lipinski definition) is 10. The molecule has 274 valence electrons. The third-order valence-corrected chi connectivity index (χ3v) is 7.52. The molecule has 48 heavy (non-hydrogen) atoms. The van der Waals surface area contributed by atoms with Crippen molar-refractivity contribution in [3.63, 3.8) is 0 Å². The maximum Gasteiger partial charge on any atom is 0.326 e. The summed E-state index contributed by atoms with van der Waals surface area (Å²) < 4.78 is 0. The van der Waals surface area contributed by atoms with Gasteiger partial charge < -0.3 is 54.6 Å². The Bertz CT molecular complexity index is 1120. The van der Waals surface area contributed by atoms with Crippen molar-refractivity contribution in [1.82, 2.24) is 26.6 Å². The summed E-state index contributed by atoms with van der Waals surface area (Å²) in [5.74, 6) is -7.11. The van der Waals surface area contributed by atoms with E-state index in [2.05, 4.69) is 26.6 Å². The SMILES string of the molecule is CC[C@H](C)[C@H](NC(=O)CN)C(=O)N[C@@H](CCCCN)C(=O)N[C@@H](CCC(N)=O)C(=O)N[C@@H](CC(C)C)C(=O)N[C@@H](CCC(N)=O)C(=O)O. The summed E-state index contributed by atoms with van der Waals surface area (Å²) in [4.78, 5) is 100. The topological polar surface area (TPSA) is 321 Å². The molecule has 0 bridgehead atoms. The Morgan fingerprint density at radius 3 is 1.54 bits per heavy atom. The lowest BCUT2D eigenvalue weighted by Crippen LogP contribution is -2.59. The molecule has 18 nitrogen and oxygen atoms in total. The number of aliphatic carboxylic acids is 1. The fraction of sp³-hybridized carbons (Fsp3) is 0.733. The third-order valence-electron chi connectivity index (χ3n) is 7.52. The summed E-state index contributed by atoms with van der Waals surface area (Å²) >= 11 is 0. The minimum absolute atomic E-state index is 0.0690. The van der Waals surface area contributed by atoms with Gasteiger partial charge in [-0.25, -0.2) is 4.79 Å².